The fourth-order valence-corrected chi connectivity index (χ4v) is 3.58. The molecule has 31 heavy (non-hydrogen) atoms. The Labute approximate surface area is 187 Å². The lowest BCUT2D eigenvalue weighted by atomic mass is 10.0. The first-order valence-corrected chi connectivity index (χ1v) is 11.3. The van der Waals surface area contributed by atoms with Crippen molar-refractivity contribution in [1.29, 1.82) is 0 Å². The van der Waals surface area contributed by atoms with Gasteiger partial charge in [0.2, 0.25) is 0 Å². The molecule has 168 valence electrons. The van der Waals surface area contributed by atoms with E-state index in [2.05, 4.69) is 62.3 Å². The van der Waals surface area contributed by atoms with Gasteiger partial charge in [0.1, 0.15) is 25.2 Å². The first-order chi connectivity index (χ1) is 15.1. The highest BCUT2D eigenvalue weighted by molar-refractivity contribution is 6.00. The number of oxime groups is 1. The number of unbranched alkanes of at least 4 members (excludes halogenated alkanes) is 2. The van der Waals surface area contributed by atoms with Crippen molar-refractivity contribution in [2.45, 2.75) is 59.8 Å². The monoisotopic (exact) mass is 423 g/mol. The lowest BCUT2D eigenvalue weighted by Gasteiger charge is -2.14. The van der Waals surface area contributed by atoms with Crippen molar-refractivity contribution in [3.63, 3.8) is 0 Å². The Morgan fingerprint density at radius 3 is 2.45 bits per heavy atom. The summed E-state index contributed by atoms with van der Waals surface area (Å²) in [5.74, 6) is 1.88. The lowest BCUT2D eigenvalue weighted by molar-refractivity contribution is 0.213. The van der Waals surface area contributed by atoms with E-state index in [0.717, 1.165) is 72.6 Å². The van der Waals surface area contributed by atoms with Gasteiger partial charge in [0.15, 0.2) is 0 Å². The van der Waals surface area contributed by atoms with E-state index in [-0.39, 0.29) is 0 Å². The van der Waals surface area contributed by atoms with Gasteiger partial charge in [-0.15, -0.1) is 0 Å². The number of hydrogen-bond acceptors (Lipinski definition) is 4. The summed E-state index contributed by atoms with van der Waals surface area (Å²) >= 11 is 0. The van der Waals surface area contributed by atoms with Crippen LogP contribution in [0.25, 0.3) is 0 Å². The summed E-state index contributed by atoms with van der Waals surface area (Å²) in [6, 6.07) is 12.7. The molecule has 0 radical (unpaired) electrons. The standard InChI is InChI=1S/C27H37NO3/c1-6-8-16-30-25-18-21(3)27(22(4)19-25)31-17-11-9-10-13-23-14-12-15-24(20-23)26(7-2)28-29-5/h6,8,12,14-15,18-20H,7,9-11,13,16-17H2,1-5H3/b8-6+,28-26+. The number of benzene rings is 2. The van der Waals surface area contributed by atoms with Crippen molar-refractivity contribution in [3.8, 4) is 11.5 Å². The Kier molecular flexibility index (Phi) is 10.7. The van der Waals surface area contributed by atoms with Gasteiger partial charge in [-0.25, -0.2) is 0 Å². The zero-order valence-corrected chi connectivity index (χ0v) is 19.7. The minimum absolute atomic E-state index is 0.595. The van der Waals surface area contributed by atoms with Crippen LogP contribution in [0.1, 0.15) is 61.8 Å². The molecule has 4 nitrogen and oxygen atoms in total. The topological polar surface area (TPSA) is 40.0 Å². The molecule has 0 N–H and O–H groups in total. The molecular formula is C27H37NO3. The van der Waals surface area contributed by atoms with Gasteiger partial charge in [-0.3, -0.25) is 0 Å². The largest absolute Gasteiger partial charge is 0.493 e. The van der Waals surface area contributed by atoms with Crippen LogP contribution < -0.4 is 9.47 Å². The van der Waals surface area contributed by atoms with E-state index in [1.54, 1.807) is 7.11 Å². The zero-order chi connectivity index (χ0) is 22.5. The van der Waals surface area contributed by atoms with Crippen molar-refractivity contribution < 1.29 is 14.3 Å². The predicted octanol–water partition coefficient (Wildman–Crippen LogP) is 6.81. The summed E-state index contributed by atoms with van der Waals surface area (Å²) in [6.45, 7) is 9.58. The number of hydrogen-bond donors (Lipinski definition) is 0. The molecule has 0 unspecified atom stereocenters. The Balaban J connectivity index is 1.77. The highest BCUT2D eigenvalue weighted by Gasteiger charge is 2.08. The van der Waals surface area contributed by atoms with Crippen LogP contribution in [0.2, 0.25) is 0 Å². The van der Waals surface area contributed by atoms with Gasteiger partial charge in [0.25, 0.3) is 0 Å². The van der Waals surface area contributed by atoms with Crippen molar-refractivity contribution in [3.05, 3.63) is 70.8 Å². The van der Waals surface area contributed by atoms with Crippen molar-refractivity contribution in [1.82, 2.24) is 0 Å². The summed E-state index contributed by atoms with van der Waals surface area (Å²) in [5, 5.41) is 4.13. The molecule has 2 aromatic rings. The van der Waals surface area contributed by atoms with Crippen LogP contribution in [0.5, 0.6) is 11.5 Å². The molecule has 4 heteroatoms. The summed E-state index contributed by atoms with van der Waals surface area (Å²) in [6.07, 6.45) is 9.24. The molecule has 0 heterocycles. The third-order valence-corrected chi connectivity index (χ3v) is 5.17. The molecule has 0 fully saturated rings. The van der Waals surface area contributed by atoms with Crippen LogP contribution in [0.15, 0.2) is 53.7 Å². The summed E-state index contributed by atoms with van der Waals surface area (Å²) < 4.78 is 11.8. The molecule has 0 atom stereocenters. The summed E-state index contributed by atoms with van der Waals surface area (Å²) in [4.78, 5) is 4.96. The molecule has 0 saturated heterocycles. The van der Waals surface area contributed by atoms with Gasteiger partial charge in [-0.1, -0.05) is 42.4 Å². The molecule has 0 spiro atoms. The second kappa shape index (κ2) is 13.5. The average Bonchev–Trinajstić information content (AvgIpc) is 2.76. The van der Waals surface area contributed by atoms with Crippen molar-refractivity contribution >= 4 is 5.71 Å². The normalized spacial score (nSPS) is 11.7. The van der Waals surface area contributed by atoms with Crippen LogP contribution in [-0.4, -0.2) is 26.0 Å². The second-order valence-electron chi connectivity index (χ2n) is 7.70. The van der Waals surface area contributed by atoms with E-state index in [4.69, 9.17) is 14.3 Å². The van der Waals surface area contributed by atoms with Gasteiger partial charge in [0.05, 0.1) is 12.3 Å². The predicted molar refractivity (Wildman–Crippen MR) is 130 cm³/mol. The maximum absolute atomic E-state index is 6.09. The highest BCUT2D eigenvalue weighted by Crippen LogP contribution is 2.28. The minimum Gasteiger partial charge on any atom is -0.493 e. The van der Waals surface area contributed by atoms with Crippen LogP contribution in [0, 0.1) is 13.8 Å². The quantitative estimate of drug-likeness (QED) is 0.154. The van der Waals surface area contributed by atoms with E-state index in [9.17, 15) is 0 Å². The fraction of sp³-hybridized carbons (Fsp3) is 0.444. The van der Waals surface area contributed by atoms with E-state index in [1.165, 1.54) is 5.56 Å². The smallest absolute Gasteiger partial charge is 0.125 e. The molecule has 0 aliphatic heterocycles. The van der Waals surface area contributed by atoms with Crippen LogP contribution in [-0.2, 0) is 11.3 Å². The van der Waals surface area contributed by atoms with Gasteiger partial charge in [0, 0.05) is 0 Å². The maximum atomic E-state index is 6.09. The maximum Gasteiger partial charge on any atom is 0.125 e. The molecule has 0 bridgehead atoms. The first kappa shape index (κ1) is 24.5. The number of aryl methyl sites for hydroxylation is 3. The van der Waals surface area contributed by atoms with Gasteiger partial charge >= 0.3 is 0 Å². The molecule has 0 aliphatic carbocycles. The molecule has 2 rings (SSSR count). The average molecular weight is 424 g/mol. The second-order valence-corrected chi connectivity index (χ2v) is 7.70. The molecule has 0 aromatic heterocycles. The molecule has 0 saturated carbocycles. The number of ether oxygens (including phenoxy) is 2. The molecule has 2 aromatic carbocycles. The first-order valence-electron chi connectivity index (χ1n) is 11.3. The summed E-state index contributed by atoms with van der Waals surface area (Å²) in [5.41, 5.74) is 5.72. The van der Waals surface area contributed by atoms with Gasteiger partial charge in [-0.05, 0) is 93.3 Å². The van der Waals surface area contributed by atoms with E-state index >= 15 is 0 Å². The summed E-state index contributed by atoms with van der Waals surface area (Å²) in [7, 11) is 1.60. The van der Waals surface area contributed by atoms with E-state index < -0.39 is 0 Å². The van der Waals surface area contributed by atoms with E-state index in [1.807, 2.05) is 19.1 Å². The third-order valence-electron chi connectivity index (χ3n) is 5.17. The Hall–Kier alpha value is -2.75. The third kappa shape index (κ3) is 8.12. The van der Waals surface area contributed by atoms with Crippen LogP contribution >= 0.6 is 0 Å². The number of rotatable bonds is 13. The Bertz CT molecular complexity index is 848. The van der Waals surface area contributed by atoms with Crippen LogP contribution in [0.4, 0.5) is 0 Å². The highest BCUT2D eigenvalue weighted by atomic mass is 16.6. The van der Waals surface area contributed by atoms with Crippen molar-refractivity contribution in [2.75, 3.05) is 20.3 Å². The molecule has 0 aliphatic rings. The number of nitrogens with zero attached hydrogens (tertiary/aromatic N) is 1. The van der Waals surface area contributed by atoms with Crippen molar-refractivity contribution in [2.24, 2.45) is 5.16 Å². The van der Waals surface area contributed by atoms with E-state index in [0.29, 0.717) is 6.61 Å². The van der Waals surface area contributed by atoms with Crippen LogP contribution in [0.3, 0.4) is 0 Å². The fourth-order valence-electron chi connectivity index (χ4n) is 3.58. The Morgan fingerprint density at radius 1 is 1.00 bits per heavy atom. The van der Waals surface area contributed by atoms with Gasteiger partial charge < -0.3 is 14.3 Å². The van der Waals surface area contributed by atoms with Gasteiger partial charge in [-0.2, -0.15) is 0 Å². The Morgan fingerprint density at radius 2 is 1.77 bits per heavy atom. The lowest BCUT2D eigenvalue weighted by Crippen LogP contribution is -2.03. The zero-order valence-electron chi connectivity index (χ0n) is 19.7. The molecule has 0 amide bonds. The number of allylic oxidation sites excluding steroid dienone is 1. The SMILES string of the molecule is C/C=C/COc1cc(C)c(OCCCCCc2cccc(/C(CC)=N/OC)c2)c(C)c1. The molecular weight excluding hydrogens is 386 g/mol. The minimum atomic E-state index is 0.595.